The van der Waals surface area contributed by atoms with Crippen LogP contribution in [0.25, 0.3) is 16.9 Å². The van der Waals surface area contributed by atoms with Gasteiger partial charge >= 0.3 is 6.03 Å². The van der Waals surface area contributed by atoms with E-state index < -0.39 is 12.4 Å². The molecule has 0 bridgehead atoms. The Hall–Kier alpha value is -4.38. The molecule has 1 aliphatic rings. The molecule has 2 amide bonds. The van der Waals surface area contributed by atoms with E-state index in [4.69, 9.17) is 14.9 Å². The molecule has 10 heteroatoms. The maximum atomic E-state index is 13.5. The number of nitrogens with zero attached hydrogens (tertiary/aromatic N) is 4. The number of benzene rings is 2. The molecule has 1 fully saturated rings. The molecule has 5 rings (SSSR count). The first-order chi connectivity index (χ1) is 20.0. The summed E-state index contributed by atoms with van der Waals surface area (Å²) in [6, 6.07) is 22.7. The molecule has 3 heterocycles. The molecule has 0 radical (unpaired) electrons. The number of anilines is 1. The number of para-hydroxylation sites is 1. The van der Waals surface area contributed by atoms with Crippen molar-refractivity contribution in [2.24, 2.45) is 0 Å². The number of rotatable bonds is 10. The molecule has 10 nitrogen and oxygen atoms in total. The SMILES string of the molecule is COCCN1C[C@@H](NC(=O)Nc2c(C)c(-c3ccc(C(=O)CO)nc3)nn2-c2ccccc2)[C@H](c2ccccc2)C1. The van der Waals surface area contributed by atoms with E-state index in [1.54, 1.807) is 30.1 Å². The van der Waals surface area contributed by atoms with Crippen LogP contribution in [0.5, 0.6) is 0 Å². The van der Waals surface area contributed by atoms with Crippen molar-refractivity contribution in [3.05, 3.63) is 95.8 Å². The number of ketones is 1. The Kier molecular flexibility index (Phi) is 8.83. The Labute approximate surface area is 239 Å². The zero-order valence-corrected chi connectivity index (χ0v) is 23.2. The van der Waals surface area contributed by atoms with Crippen molar-refractivity contribution in [1.82, 2.24) is 25.0 Å². The molecule has 2 aromatic carbocycles. The summed E-state index contributed by atoms with van der Waals surface area (Å²) in [6.45, 7) is 4.24. The lowest BCUT2D eigenvalue weighted by Crippen LogP contribution is -2.42. The fraction of sp³-hybridized carbons (Fsp3) is 0.290. The number of methoxy groups -OCH3 is 1. The first-order valence-corrected chi connectivity index (χ1v) is 13.6. The zero-order chi connectivity index (χ0) is 28.8. The molecular weight excluding hydrogens is 520 g/mol. The topological polar surface area (TPSA) is 122 Å². The minimum atomic E-state index is -0.604. The number of aliphatic hydroxyl groups is 1. The molecule has 2 aromatic heterocycles. The van der Waals surface area contributed by atoms with Crippen molar-refractivity contribution in [3.63, 3.8) is 0 Å². The lowest BCUT2D eigenvalue weighted by Gasteiger charge is -2.21. The van der Waals surface area contributed by atoms with Gasteiger partial charge in [0.25, 0.3) is 0 Å². The normalized spacial score (nSPS) is 17.0. The Balaban J connectivity index is 1.42. The number of pyridine rings is 1. The van der Waals surface area contributed by atoms with Gasteiger partial charge in [0.15, 0.2) is 0 Å². The van der Waals surface area contributed by atoms with Gasteiger partial charge < -0.3 is 15.2 Å². The van der Waals surface area contributed by atoms with Crippen molar-refractivity contribution in [2.45, 2.75) is 18.9 Å². The number of amides is 2. The largest absolute Gasteiger partial charge is 0.388 e. The number of carbonyl (C=O) groups is 2. The van der Waals surface area contributed by atoms with Crippen molar-refractivity contribution in [3.8, 4) is 16.9 Å². The van der Waals surface area contributed by atoms with E-state index in [0.717, 1.165) is 24.3 Å². The van der Waals surface area contributed by atoms with Crippen molar-refractivity contribution >= 4 is 17.6 Å². The van der Waals surface area contributed by atoms with Crippen LogP contribution in [-0.2, 0) is 4.74 Å². The molecule has 0 unspecified atom stereocenters. The maximum Gasteiger partial charge on any atom is 0.320 e. The predicted octanol–water partition coefficient (Wildman–Crippen LogP) is 3.65. The van der Waals surface area contributed by atoms with Gasteiger partial charge in [-0.25, -0.2) is 9.48 Å². The minimum Gasteiger partial charge on any atom is -0.388 e. The first-order valence-electron chi connectivity index (χ1n) is 13.6. The average molecular weight is 555 g/mol. The van der Waals surface area contributed by atoms with Gasteiger partial charge in [0.05, 0.1) is 24.0 Å². The Bertz CT molecular complexity index is 1470. The van der Waals surface area contributed by atoms with Crippen LogP contribution in [0, 0.1) is 6.92 Å². The second-order valence-corrected chi connectivity index (χ2v) is 10.1. The van der Waals surface area contributed by atoms with Gasteiger partial charge in [-0.1, -0.05) is 48.5 Å². The van der Waals surface area contributed by atoms with Crippen molar-refractivity contribution < 1.29 is 19.4 Å². The number of ether oxygens (including phenoxy) is 1. The summed E-state index contributed by atoms with van der Waals surface area (Å²) in [5.41, 5.74) is 4.20. The van der Waals surface area contributed by atoms with E-state index in [2.05, 4.69) is 32.7 Å². The number of Topliss-reactive ketones (excluding diaryl/α,β-unsaturated/α-hetero) is 1. The van der Waals surface area contributed by atoms with Gasteiger partial charge in [0.1, 0.15) is 18.1 Å². The molecule has 41 heavy (non-hydrogen) atoms. The summed E-state index contributed by atoms with van der Waals surface area (Å²) >= 11 is 0. The van der Waals surface area contributed by atoms with E-state index in [1.807, 2.05) is 55.5 Å². The van der Waals surface area contributed by atoms with Crippen LogP contribution in [0.4, 0.5) is 10.6 Å². The number of hydrogen-bond acceptors (Lipinski definition) is 7. The van der Waals surface area contributed by atoms with Crippen LogP contribution in [0.3, 0.4) is 0 Å². The van der Waals surface area contributed by atoms with Crippen LogP contribution in [0.2, 0.25) is 0 Å². The highest BCUT2D eigenvalue weighted by atomic mass is 16.5. The molecule has 4 aromatic rings. The predicted molar refractivity (Wildman–Crippen MR) is 156 cm³/mol. The molecule has 1 aliphatic heterocycles. The van der Waals surface area contributed by atoms with Gasteiger partial charge in [-0.2, -0.15) is 5.10 Å². The monoisotopic (exact) mass is 554 g/mol. The summed E-state index contributed by atoms with van der Waals surface area (Å²) in [4.78, 5) is 31.9. The van der Waals surface area contributed by atoms with E-state index in [0.29, 0.717) is 30.2 Å². The van der Waals surface area contributed by atoms with Crippen molar-refractivity contribution in [1.29, 1.82) is 0 Å². The van der Waals surface area contributed by atoms with E-state index >= 15 is 0 Å². The molecule has 212 valence electrons. The van der Waals surface area contributed by atoms with Gasteiger partial charge in [-0.3, -0.25) is 20.0 Å². The summed E-state index contributed by atoms with van der Waals surface area (Å²) < 4.78 is 6.99. The smallest absolute Gasteiger partial charge is 0.320 e. The zero-order valence-electron chi connectivity index (χ0n) is 23.2. The van der Waals surface area contributed by atoms with E-state index in [9.17, 15) is 9.59 Å². The second kappa shape index (κ2) is 12.9. The first kappa shape index (κ1) is 28.2. The number of carbonyl (C=O) groups excluding carboxylic acids is 2. The molecule has 0 aliphatic carbocycles. The molecule has 0 saturated carbocycles. The maximum absolute atomic E-state index is 13.5. The summed E-state index contributed by atoms with van der Waals surface area (Å²) in [7, 11) is 1.69. The number of urea groups is 1. The number of aromatic nitrogens is 3. The van der Waals surface area contributed by atoms with Gasteiger partial charge in [-0.05, 0) is 36.8 Å². The van der Waals surface area contributed by atoms with Crippen LogP contribution in [0.15, 0.2) is 79.0 Å². The molecular formula is C31H34N6O4. The van der Waals surface area contributed by atoms with Gasteiger partial charge in [0.2, 0.25) is 5.78 Å². The molecule has 2 atom stereocenters. The highest BCUT2D eigenvalue weighted by Crippen LogP contribution is 2.31. The average Bonchev–Trinajstić information content (AvgIpc) is 3.56. The quantitative estimate of drug-likeness (QED) is 0.256. The third kappa shape index (κ3) is 6.35. The van der Waals surface area contributed by atoms with E-state index in [-0.39, 0.29) is 23.7 Å². The number of likely N-dealkylation sites (tertiary alicyclic amines) is 1. The second-order valence-electron chi connectivity index (χ2n) is 10.1. The van der Waals surface area contributed by atoms with E-state index in [1.165, 1.54) is 5.56 Å². The summed E-state index contributed by atoms with van der Waals surface area (Å²) in [5.74, 6) is 0.217. The third-order valence-corrected chi connectivity index (χ3v) is 7.37. The van der Waals surface area contributed by atoms with Gasteiger partial charge in [-0.15, -0.1) is 0 Å². The van der Waals surface area contributed by atoms with Crippen LogP contribution in [0.1, 0.15) is 27.5 Å². The summed E-state index contributed by atoms with van der Waals surface area (Å²) in [6.07, 6.45) is 1.55. The number of hydrogen-bond donors (Lipinski definition) is 3. The van der Waals surface area contributed by atoms with Crippen LogP contribution >= 0.6 is 0 Å². The van der Waals surface area contributed by atoms with Crippen LogP contribution in [-0.4, -0.2) is 82.6 Å². The fourth-order valence-corrected chi connectivity index (χ4v) is 5.24. The van der Waals surface area contributed by atoms with Crippen molar-refractivity contribution in [2.75, 3.05) is 45.3 Å². The number of nitrogens with one attached hydrogen (secondary N) is 2. The molecule has 1 saturated heterocycles. The van der Waals surface area contributed by atoms with Gasteiger partial charge in [0, 0.05) is 50.0 Å². The lowest BCUT2D eigenvalue weighted by atomic mass is 9.94. The highest BCUT2D eigenvalue weighted by molar-refractivity contribution is 5.95. The summed E-state index contributed by atoms with van der Waals surface area (Å²) in [5, 5.41) is 20.2. The minimum absolute atomic E-state index is 0.0945. The molecule has 3 N–H and O–H groups in total. The third-order valence-electron chi connectivity index (χ3n) is 7.37. The highest BCUT2D eigenvalue weighted by Gasteiger charge is 2.35. The van der Waals surface area contributed by atoms with Crippen LogP contribution < -0.4 is 10.6 Å². The Morgan fingerprint density at radius 3 is 2.41 bits per heavy atom. The standard InChI is InChI=1S/C31H34N6O4/c1-21-29(23-13-14-26(32-17-23)28(39)20-38)35-37(24-11-7-4-8-12-24)30(21)34-31(40)33-27-19-36(15-16-41-2)18-25(27)22-9-5-3-6-10-22/h3-14,17,25,27,38H,15-16,18-20H2,1-2H3,(H2,33,34,40)/t25-,27+/m0/s1. The Morgan fingerprint density at radius 1 is 1.02 bits per heavy atom. The Morgan fingerprint density at radius 2 is 1.76 bits per heavy atom. The fourth-order valence-electron chi connectivity index (χ4n) is 5.24. The molecule has 0 spiro atoms. The number of aliphatic hydroxyl groups excluding tert-OH is 1. The lowest BCUT2D eigenvalue weighted by molar-refractivity contribution is 0.0898.